The maximum Gasteiger partial charge on any atom is 0.136 e. The summed E-state index contributed by atoms with van der Waals surface area (Å²) in [6, 6.07) is 0. The molecule has 0 radical (unpaired) electrons. The predicted octanol–water partition coefficient (Wildman–Crippen LogP) is 2.88. The lowest BCUT2D eigenvalue weighted by atomic mass is 9.76. The molecule has 0 aromatic heterocycles. The zero-order chi connectivity index (χ0) is 13.1. The second-order valence-electron chi connectivity index (χ2n) is 6.61. The standard InChI is InChI=1S/C16H22O2/c1-9-4-5-13-15(9)12-8-14(17)10(2)11(12)6-7-16(13,3)18/h4-5,10-12,15,18H,6-8H2,1-3H3. The van der Waals surface area contributed by atoms with Crippen molar-refractivity contribution in [1.82, 2.24) is 0 Å². The smallest absolute Gasteiger partial charge is 0.136 e. The fourth-order valence-corrected chi connectivity index (χ4v) is 4.36. The molecule has 2 nitrogen and oxygen atoms in total. The fraction of sp³-hybridized carbons (Fsp3) is 0.688. The lowest BCUT2D eigenvalue weighted by molar-refractivity contribution is -0.120. The van der Waals surface area contributed by atoms with Crippen molar-refractivity contribution in [3.63, 3.8) is 0 Å². The van der Waals surface area contributed by atoms with Crippen LogP contribution in [0.4, 0.5) is 0 Å². The second-order valence-corrected chi connectivity index (χ2v) is 6.61. The average molecular weight is 246 g/mol. The minimum atomic E-state index is -0.688. The molecule has 5 unspecified atom stereocenters. The summed E-state index contributed by atoms with van der Waals surface area (Å²) in [4.78, 5) is 12.0. The molecular formula is C16H22O2. The molecule has 3 aliphatic rings. The van der Waals surface area contributed by atoms with E-state index < -0.39 is 5.60 Å². The van der Waals surface area contributed by atoms with Gasteiger partial charge in [0.2, 0.25) is 0 Å². The van der Waals surface area contributed by atoms with E-state index in [1.54, 1.807) is 0 Å². The molecule has 1 N–H and O–H groups in total. The summed E-state index contributed by atoms with van der Waals surface area (Å²) in [7, 11) is 0. The highest BCUT2D eigenvalue weighted by molar-refractivity contribution is 5.84. The topological polar surface area (TPSA) is 37.3 Å². The Bertz CT molecular complexity index is 456. The molecule has 2 heteroatoms. The molecule has 0 saturated heterocycles. The molecule has 3 rings (SSSR count). The Morgan fingerprint density at radius 1 is 1.33 bits per heavy atom. The molecule has 0 spiro atoms. The predicted molar refractivity (Wildman–Crippen MR) is 71.0 cm³/mol. The van der Waals surface area contributed by atoms with E-state index in [1.165, 1.54) is 5.57 Å². The summed E-state index contributed by atoms with van der Waals surface area (Å²) in [5.74, 6) is 1.79. The van der Waals surface area contributed by atoms with Gasteiger partial charge in [-0.3, -0.25) is 4.79 Å². The van der Waals surface area contributed by atoms with Crippen LogP contribution in [0.2, 0.25) is 0 Å². The second kappa shape index (κ2) is 3.80. The van der Waals surface area contributed by atoms with Gasteiger partial charge in [0.15, 0.2) is 0 Å². The van der Waals surface area contributed by atoms with Gasteiger partial charge in [-0.05, 0) is 44.1 Å². The molecular weight excluding hydrogens is 224 g/mol. The van der Waals surface area contributed by atoms with Gasteiger partial charge >= 0.3 is 0 Å². The summed E-state index contributed by atoms with van der Waals surface area (Å²) < 4.78 is 0. The first-order valence-corrected chi connectivity index (χ1v) is 7.06. The van der Waals surface area contributed by atoms with Gasteiger partial charge in [-0.15, -0.1) is 0 Å². The summed E-state index contributed by atoms with van der Waals surface area (Å²) in [5.41, 5.74) is 1.78. The molecule has 0 aromatic carbocycles. The van der Waals surface area contributed by atoms with E-state index in [0.717, 1.165) is 18.4 Å². The van der Waals surface area contributed by atoms with Gasteiger partial charge in [-0.2, -0.15) is 0 Å². The number of fused-ring (bicyclic) bond motifs is 3. The summed E-state index contributed by atoms with van der Waals surface area (Å²) in [6.45, 7) is 6.15. The normalized spacial score (nSPS) is 47.2. The lowest BCUT2D eigenvalue weighted by Gasteiger charge is -2.30. The highest BCUT2D eigenvalue weighted by atomic mass is 16.3. The van der Waals surface area contributed by atoms with Crippen LogP contribution in [-0.4, -0.2) is 16.5 Å². The monoisotopic (exact) mass is 246 g/mol. The molecule has 18 heavy (non-hydrogen) atoms. The molecule has 98 valence electrons. The molecule has 2 saturated carbocycles. The Kier molecular flexibility index (Phi) is 2.57. The largest absolute Gasteiger partial charge is 0.386 e. The van der Waals surface area contributed by atoms with Crippen LogP contribution >= 0.6 is 0 Å². The summed E-state index contributed by atoms with van der Waals surface area (Å²) in [5, 5.41) is 10.7. The van der Waals surface area contributed by atoms with Crippen molar-refractivity contribution in [1.29, 1.82) is 0 Å². The van der Waals surface area contributed by atoms with Gasteiger partial charge in [0.1, 0.15) is 5.78 Å². The van der Waals surface area contributed by atoms with Gasteiger partial charge < -0.3 is 5.11 Å². The number of ketones is 1. The average Bonchev–Trinajstić information content (AvgIpc) is 2.76. The number of carbonyl (C=O) groups is 1. The Labute approximate surface area is 109 Å². The first kappa shape index (κ1) is 12.2. The van der Waals surface area contributed by atoms with Gasteiger partial charge in [0.05, 0.1) is 5.60 Å². The molecule has 0 heterocycles. The van der Waals surface area contributed by atoms with E-state index in [1.807, 2.05) is 6.92 Å². The number of hydrogen-bond donors (Lipinski definition) is 1. The summed E-state index contributed by atoms with van der Waals surface area (Å²) in [6.07, 6.45) is 6.69. The van der Waals surface area contributed by atoms with Crippen molar-refractivity contribution < 1.29 is 9.90 Å². The molecule has 0 aromatic rings. The maximum absolute atomic E-state index is 12.0. The van der Waals surface area contributed by atoms with Gasteiger partial charge in [-0.25, -0.2) is 0 Å². The van der Waals surface area contributed by atoms with Crippen LogP contribution in [0.15, 0.2) is 23.3 Å². The van der Waals surface area contributed by atoms with Crippen LogP contribution < -0.4 is 0 Å². The fourth-order valence-electron chi connectivity index (χ4n) is 4.36. The van der Waals surface area contributed by atoms with Crippen LogP contribution in [0.3, 0.4) is 0 Å². The van der Waals surface area contributed by atoms with E-state index in [-0.39, 0.29) is 5.92 Å². The van der Waals surface area contributed by atoms with Gasteiger partial charge in [0.25, 0.3) is 0 Å². The minimum absolute atomic E-state index is 0.179. The van der Waals surface area contributed by atoms with Crippen LogP contribution in [0.1, 0.15) is 40.0 Å². The highest BCUT2D eigenvalue weighted by Crippen LogP contribution is 2.53. The molecule has 0 aliphatic heterocycles. The lowest BCUT2D eigenvalue weighted by Crippen LogP contribution is -2.30. The number of hydrogen-bond acceptors (Lipinski definition) is 2. The van der Waals surface area contributed by atoms with Crippen LogP contribution in [0.5, 0.6) is 0 Å². The minimum Gasteiger partial charge on any atom is -0.386 e. The Morgan fingerprint density at radius 2 is 2.06 bits per heavy atom. The van der Waals surface area contributed by atoms with Crippen LogP contribution in [0, 0.1) is 23.7 Å². The number of aliphatic hydroxyl groups is 1. The maximum atomic E-state index is 12.0. The third-order valence-corrected chi connectivity index (χ3v) is 5.50. The quantitative estimate of drug-likeness (QED) is 0.713. The first-order chi connectivity index (χ1) is 8.42. The molecule has 3 aliphatic carbocycles. The molecule has 0 bridgehead atoms. The number of rotatable bonds is 0. The van der Waals surface area contributed by atoms with Crippen LogP contribution in [-0.2, 0) is 4.79 Å². The van der Waals surface area contributed by atoms with Crippen molar-refractivity contribution in [2.24, 2.45) is 23.7 Å². The van der Waals surface area contributed by atoms with E-state index in [9.17, 15) is 9.90 Å². The first-order valence-electron chi connectivity index (χ1n) is 7.06. The van der Waals surface area contributed by atoms with E-state index >= 15 is 0 Å². The van der Waals surface area contributed by atoms with E-state index in [0.29, 0.717) is 30.0 Å². The summed E-state index contributed by atoms with van der Waals surface area (Å²) >= 11 is 0. The Hall–Kier alpha value is -0.890. The Balaban J connectivity index is 2.03. The van der Waals surface area contributed by atoms with Gasteiger partial charge in [-0.1, -0.05) is 24.6 Å². The highest BCUT2D eigenvalue weighted by Gasteiger charge is 2.50. The van der Waals surface area contributed by atoms with Crippen molar-refractivity contribution in [3.05, 3.63) is 23.3 Å². The number of carbonyl (C=O) groups excluding carboxylic acids is 1. The van der Waals surface area contributed by atoms with Gasteiger partial charge in [0, 0.05) is 18.3 Å². The molecule has 5 atom stereocenters. The zero-order valence-corrected chi connectivity index (χ0v) is 11.4. The van der Waals surface area contributed by atoms with Crippen LogP contribution in [0.25, 0.3) is 0 Å². The Morgan fingerprint density at radius 3 is 2.78 bits per heavy atom. The molecule has 2 fully saturated rings. The molecule has 0 amide bonds. The number of Topliss-reactive ketones (excluding diaryl/α,β-unsaturated/α-hetero) is 1. The number of allylic oxidation sites excluding steroid dienone is 3. The zero-order valence-electron chi connectivity index (χ0n) is 11.4. The third kappa shape index (κ3) is 1.55. The van der Waals surface area contributed by atoms with Crippen molar-refractivity contribution in [2.45, 2.75) is 45.6 Å². The van der Waals surface area contributed by atoms with Crippen molar-refractivity contribution in [3.8, 4) is 0 Å². The van der Waals surface area contributed by atoms with Crippen molar-refractivity contribution >= 4 is 5.78 Å². The van der Waals surface area contributed by atoms with Crippen molar-refractivity contribution in [2.75, 3.05) is 0 Å². The third-order valence-electron chi connectivity index (χ3n) is 5.50. The van der Waals surface area contributed by atoms with E-state index in [4.69, 9.17) is 0 Å². The van der Waals surface area contributed by atoms with E-state index in [2.05, 4.69) is 26.0 Å². The SMILES string of the molecule is CC1=CC=C2C1C1CC(=O)C(C)C1CCC2(C)O.